The first-order valence-electron chi connectivity index (χ1n) is 9.54. The minimum Gasteiger partial charge on any atom is -0.497 e. The molecule has 7 nitrogen and oxygen atoms in total. The molecule has 162 valence electrons. The number of rotatable bonds is 11. The predicted octanol–water partition coefficient (Wildman–Crippen LogP) is 3.28. The molecule has 0 aliphatic carbocycles. The quantitative estimate of drug-likeness (QED) is 0.184. The highest BCUT2D eigenvalue weighted by molar-refractivity contribution is 14.0. The average molecular weight is 517 g/mol. The first-order chi connectivity index (χ1) is 13.5. The molecule has 1 heterocycles. The predicted molar refractivity (Wildman–Crippen MR) is 125 cm³/mol. The smallest absolute Gasteiger partial charge is 0.191 e. The second kappa shape index (κ2) is 13.4. The lowest BCUT2D eigenvalue weighted by Crippen LogP contribution is -2.39. The number of nitrogens with one attached hydrogen (secondary N) is 2. The molecule has 0 amide bonds. The van der Waals surface area contributed by atoms with Gasteiger partial charge in [-0.1, -0.05) is 12.1 Å². The van der Waals surface area contributed by atoms with Crippen LogP contribution in [0.15, 0.2) is 52.1 Å². The Bertz CT molecular complexity index is 703. The molecule has 0 aliphatic rings. The van der Waals surface area contributed by atoms with Crippen LogP contribution in [-0.4, -0.2) is 44.4 Å². The number of hydrogen-bond acceptors (Lipinski definition) is 5. The normalized spacial score (nSPS) is 13.3. The van der Waals surface area contributed by atoms with Crippen molar-refractivity contribution in [2.45, 2.75) is 32.5 Å². The Hall–Kier alpha value is -1.78. The van der Waals surface area contributed by atoms with Crippen LogP contribution >= 0.6 is 24.0 Å². The first-order valence-corrected chi connectivity index (χ1v) is 9.54. The topological polar surface area (TPSA) is 88.3 Å². The van der Waals surface area contributed by atoms with Crippen molar-refractivity contribution in [2.24, 2.45) is 4.99 Å². The fourth-order valence-electron chi connectivity index (χ4n) is 2.53. The van der Waals surface area contributed by atoms with Gasteiger partial charge in [-0.2, -0.15) is 0 Å². The summed E-state index contributed by atoms with van der Waals surface area (Å²) >= 11 is 0. The van der Waals surface area contributed by atoms with E-state index < -0.39 is 5.60 Å². The van der Waals surface area contributed by atoms with Crippen molar-refractivity contribution in [1.82, 2.24) is 10.6 Å². The first kappa shape index (κ1) is 25.3. The molecular formula is C21H32IN3O4. The third-order valence-corrected chi connectivity index (χ3v) is 4.13. The summed E-state index contributed by atoms with van der Waals surface area (Å²) in [7, 11) is 1.65. The van der Waals surface area contributed by atoms with E-state index in [-0.39, 0.29) is 30.5 Å². The third-order valence-electron chi connectivity index (χ3n) is 4.13. The molecule has 2 rings (SSSR count). The van der Waals surface area contributed by atoms with Gasteiger partial charge in [-0.25, -0.2) is 4.99 Å². The zero-order valence-electron chi connectivity index (χ0n) is 17.3. The summed E-state index contributed by atoms with van der Waals surface area (Å²) in [6.45, 7) is 6.56. The van der Waals surface area contributed by atoms with Gasteiger partial charge in [-0.15, -0.1) is 24.0 Å². The molecule has 1 atom stereocenters. The van der Waals surface area contributed by atoms with E-state index in [9.17, 15) is 5.11 Å². The Kier molecular flexibility index (Phi) is 11.7. The summed E-state index contributed by atoms with van der Waals surface area (Å²) in [6.07, 6.45) is 2.39. The van der Waals surface area contributed by atoms with Crippen LogP contribution < -0.4 is 15.4 Å². The van der Waals surface area contributed by atoms with Gasteiger partial charge in [0.15, 0.2) is 5.96 Å². The molecule has 1 unspecified atom stereocenters. The van der Waals surface area contributed by atoms with E-state index in [1.54, 1.807) is 32.4 Å². The van der Waals surface area contributed by atoms with Crippen molar-refractivity contribution in [3.63, 3.8) is 0 Å². The third kappa shape index (κ3) is 9.05. The van der Waals surface area contributed by atoms with Crippen LogP contribution in [0.5, 0.6) is 5.75 Å². The van der Waals surface area contributed by atoms with Gasteiger partial charge in [0.2, 0.25) is 0 Å². The Balaban J connectivity index is 0.00000420. The zero-order chi connectivity index (χ0) is 20.2. The largest absolute Gasteiger partial charge is 0.497 e. The van der Waals surface area contributed by atoms with Crippen LogP contribution in [0.25, 0.3) is 0 Å². The van der Waals surface area contributed by atoms with E-state index in [1.165, 1.54) is 0 Å². The lowest BCUT2D eigenvalue weighted by molar-refractivity contribution is 0.0437. The summed E-state index contributed by atoms with van der Waals surface area (Å²) in [5, 5.41) is 16.9. The zero-order valence-corrected chi connectivity index (χ0v) is 19.6. The monoisotopic (exact) mass is 517 g/mol. The molecule has 0 bridgehead atoms. The standard InChI is InChI=1S/C21H31N3O4.HI/c1-4-22-20(24-16-21(2,25)19-7-5-14-28-19)23-12-6-13-27-15-17-8-10-18(26-3)11-9-17;/h5,7-11,14,25H,4,6,12-13,15-16H2,1-3H3,(H2,22,23,24);1H. The van der Waals surface area contributed by atoms with Crippen LogP contribution in [0, 0.1) is 0 Å². The molecule has 0 saturated carbocycles. The highest BCUT2D eigenvalue weighted by atomic mass is 127. The second-order valence-corrected chi connectivity index (χ2v) is 6.63. The summed E-state index contributed by atoms with van der Waals surface area (Å²) < 4.78 is 16.1. The van der Waals surface area contributed by atoms with Crippen LogP contribution in [-0.2, 0) is 16.9 Å². The Morgan fingerprint density at radius 3 is 2.59 bits per heavy atom. The van der Waals surface area contributed by atoms with E-state index in [0.717, 1.165) is 30.8 Å². The summed E-state index contributed by atoms with van der Waals surface area (Å²) in [4.78, 5) is 4.45. The average Bonchev–Trinajstić information content (AvgIpc) is 3.25. The SMILES string of the molecule is CCNC(=NCC(C)(O)c1ccco1)NCCCOCc1ccc(OC)cc1.I. The lowest BCUT2D eigenvalue weighted by Gasteiger charge is -2.19. The number of aliphatic hydroxyl groups is 1. The van der Waals surface area contributed by atoms with Crippen molar-refractivity contribution >= 4 is 29.9 Å². The lowest BCUT2D eigenvalue weighted by atomic mass is 10.0. The van der Waals surface area contributed by atoms with Gasteiger partial charge in [0.1, 0.15) is 17.1 Å². The van der Waals surface area contributed by atoms with Gasteiger partial charge in [0.25, 0.3) is 0 Å². The Morgan fingerprint density at radius 2 is 1.97 bits per heavy atom. The minimum atomic E-state index is -1.15. The van der Waals surface area contributed by atoms with Crippen LogP contribution in [0.2, 0.25) is 0 Å². The van der Waals surface area contributed by atoms with Crippen molar-refractivity contribution in [1.29, 1.82) is 0 Å². The van der Waals surface area contributed by atoms with Crippen LogP contribution in [0.4, 0.5) is 0 Å². The second-order valence-electron chi connectivity index (χ2n) is 6.63. The molecule has 3 N–H and O–H groups in total. The number of aliphatic imine (C=N–C) groups is 1. The van der Waals surface area contributed by atoms with Gasteiger partial charge in [0, 0.05) is 19.7 Å². The molecule has 2 aromatic rings. The summed E-state index contributed by atoms with van der Waals surface area (Å²) in [5.74, 6) is 2.00. The highest BCUT2D eigenvalue weighted by Crippen LogP contribution is 2.21. The van der Waals surface area contributed by atoms with Crippen molar-refractivity contribution < 1.29 is 19.0 Å². The van der Waals surface area contributed by atoms with Gasteiger partial charge >= 0.3 is 0 Å². The fraction of sp³-hybridized carbons (Fsp3) is 0.476. The number of hydrogen-bond donors (Lipinski definition) is 3. The molecule has 0 fully saturated rings. The van der Waals surface area contributed by atoms with Gasteiger partial charge in [-0.05, 0) is 50.1 Å². The van der Waals surface area contributed by atoms with Crippen molar-refractivity contribution in [2.75, 3.05) is 33.4 Å². The highest BCUT2D eigenvalue weighted by Gasteiger charge is 2.25. The van der Waals surface area contributed by atoms with Crippen LogP contribution in [0.3, 0.4) is 0 Å². The number of halogens is 1. The molecule has 0 aliphatic heterocycles. The minimum absolute atomic E-state index is 0. The van der Waals surface area contributed by atoms with E-state index in [1.807, 2.05) is 31.2 Å². The molecule has 0 spiro atoms. The van der Waals surface area contributed by atoms with Gasteiger partial charge in [0.05, 0.1) is 26.5 Å². The maximum absolute atomic E-state index is 10.5. The number of guanidine groups is 1. The summed E-state index contributed by atoms with van der Waals surface area (Å²) in [6, 6.07) is 11.4. The molecular weight excluding hydrogens is 485 g/mol. The van der Waals surface area contributed by atoms with Gasteiger partial charge in [-0.3, -0.25) is 0 Å². The number of nitrogens with zero attached hydrogens (tertiary/aromatic N) is 1. The number of benzene rings is 1. The number of methoxy groups -OCH3 is 1. The molecule has 0 saturated heterocycles. The Morgan fingerprint density at radius 1 is 1.21 bits per heavy atom. The molecule has 1 aromatic carbocycles. The fourth-order valence-corrected chi connectivity index (χ4v) is 2.53. The van der Waals surface area contributed by atoms with E-state index in [0.29, 0.717) is 24.9 Å². The van der Waals surface area contributed by atoms with E-state index in [2.05, 4.69) is 15.6 Å². The number of ether oxygens (including phenoxy) is 2. The van der Waals surface area contributed by atoms with Crippen LogP contribution in [0.1, 0.15) is 31.6 Å². The summed E-state index contributed by atoms with van der Waals surface area (Å²) in [5.41, 5.74) is -0.0309. The maximum Gasteiger partial charge on any atom is 0.191 e. The molecule has 29 heavy (non-hydrogen) atoms. The van der Waals surface area contributed by atoms with E-state index >= 15 is 0 Å². The molecule has 0 radical (unpaired) electrons. The molecule has 8 heteroatoms. The Labute approximate surface area is 189 Å². The van der Waals surface area contributed by atoms with Crippen molar-refractivity contribution in [3.8, 4) is 5.75 Å². The maximum atomic E-state index is 10.5. The number of furan rings is 1. The van der Waals surface area contributed by atoms with E-state index in [4.69, 9.17) is 13.9 Å². The van der Waals surface area contributed by atoms with Crippen molar-refractivity contribution in [3.05, 3.63) is 54.0 Å². The molecule has 1 aromatic heterocycles. The van der Waals surface area contributed by atoms with Gasteiger partial charge < -0.3 is 29.6 Å².